The molecule has 0 bridgehead atoms. The quantitative estimate of drug-likeness (QED) is 0.862. The second-order valence-corrected chi connectivity index (χ2v) is 7.79. The van der Waals surface area contributed by atoms with Crippen LogP contribution in [0.2, 0.25) is 0 Å². The molecule has 0 radical (unpaired) electrons. The second-order valence-electron chi connectivity index (χ2n) is 7.79. The summed E-state index contributed by atoms with van der Waals surface area (Å²) in [7, 11) is 0. The summed E-state index contributed by atoms with van der Waals surface area (Å²) in [5.41, 5.74) is 1.41. The zero-order chi connectivity index (χ0) is 17.5. The minimum absolute atomic E-state index is 0.219. The van der Waals surface area contributed by atoms with Gasteiger partial charge in [-0.2, -0.15) is 0 Å². The smallest absolute Gasteiger partial charge is 0.234 e. The molecule has 0 aromatic heterocycles. The van der Waals surface area contributed by atoms with Crippen molar-refractivity contribution in [3.05, 3.63) is 35.9 Å². The van der Waals surface area contributed by atoms with E-state index in [9.17, 15) is 4.79 Å². The van der Waals surface area contributed by atoms with Crippen molar-refractivity contribution in [3.8, 4) is 0 Å². The molecule has 1 aliphatic heterocycles. The topological polar surface area (TPSA) is 35.6 Å². The average Bonchev–Trinajstić information content (AvgIpc) is 2.64. The molecule has 1 heterocycles. The lowest BCUT2D eigenvalue weighted by Gasteiger charge is -2.35. The molecule has 0 spiro atoms. The van der Waals surface area contributed by atoms with Gasteiger partial charge in [0.05, 0.1) is 6.54 Å². The lowest BCUT2D eigenvalue weighted by atomic mass is 9.86. The van der Waals surface area contributed by atoms with E-state index in [1.54, 1.807) is 0 Å². The molecule has 4 heteroatoms. The fourth-order valence-corrected chi connectivity index (χ4v) is 4.09. The van der Waals surface area contributed by atoms with Gasteiger partial charge >= 0.3 is 0 Å². The van der Waals surface area contributed by atoms with Gasteiger partial charge in [-0.3, -0.25) is 9.69 Å². The first-order valence-electron chi connectivity index (χ1n) is 9.99. The molecule has 1 N–H and O–H groups in total. The Balaban J connectivity index is 1.34. The lowest BCUT2D eigenvalue weighted by Crippen LogP contribution is -2.51. The molecule has 2 atom stereocenters. The highest BCUT2D eigenvalue weighted by atomic mass is 16.2. The number of carbonyl (C=O) groups is 1. The van der Waals surface area contributed by atoms with E-state index in [-0.39, 0.29) is 5.91 Å². The Morgan fingerprint density at radius 2 is 1.72 bits per heavy atom. The maximum absolute atomic E-state index is 12.4. The number of nitrogens with one attached hydrogen (secondary N) is 1. The van der Waals surface area contributed by atoms with Gasteiger partial charge in [0, 0.05) is 38.8 Å². The summed E-state index contributed by atoms with van der Waals surface area (Å²) >= 11 is 0. The van der Waals surface area contributed by atoms with Crippen LogP contribution in [0.4, 0.5) is 0 Å². The zero-order valence-corrected chi connectivity index (χ0v) is 15.6. The van der Waals surface area contributed by atoms with Crippen LogP contribution in [0.1, 0.15) is 38.2 Å². The fourth-order valence-electron chi connectivity index (χ4n) is 4.09. The Morgan fingerprint density at radius 3 is 2.44 bits per heavy atom. The van der Waals surface area contributed by atoms with Crippen molar-refractivity contribution in [1.82, 2.24) is 15.1 Å². The number of carbonyl (C=O) groups excluding carboxylic acids is 1. The predicted molar refractivity (Wildman–Crippen MR) is 103 cm³/mol. The highest BCUT2D eigenvalue weighted by Gasteiger charge is 2.24. The third-order valence-electron chi connectivity index (χ3n) is 5.85. The Bertz CT molecular complexity index is 525. The molecule has 1 saturated carbocycles. The molecule has 2 unspecified atom stereocenters. The SMILES string of the molecule is CC1CCCCC1NC(=O)CN1CCN(CCc2ccccc2)CC1. The second kappa shape index (κ2) is 9.35. The van der Waals surface area contributed by atoms with Crippen LogP contribution < -0.4 is 5.32 Å². The van der Waals surface area contributed by atoms with E-state index in [1.807, 2.05) is 0 Å². The van der Waals surface area contributed by atoms with Crippen molar-refractivity contribution in [2.24, 2.45) is 5.92 Å². The molecule has 1 amide bonds. The number of piperazine rings is 1. The van der Waals surface area contributed by atoms with Crippen molar-refractivity contribution < 1.29 is 4.79 Å². The summed E-state index contributed by atoms with van der Waals surface area (Å²) in [6.45, 7) is 8.10. The van der Waals surface area contributed by atoms with Gasteiger partial charge < -0.3 is 10.2 Å². The lowest BCUT2D eigenvalue weighted by molar-refractivity contribution is -0.124. The highest BCUT2D eigenvalue weighted by molar-refractivity contribution is 5.78. The van der Waals surface area contributed by atoms with E-state index in [2.05, 4.69) is 52.4 Å². The highest BCUT2D eigenvalue weighted by Crippen LogP contribution is 2.23. The third-order valence-corrected chi connectivity index (χ3v) is 5.85. The minimum Gasteiger partial charge on any atom is -0.352 e. The average molecular weight is 344 g/mol. The third kappa shape index (κ3) is 5.82. The van der Waals surface area contributed by atoms with Gasteiger partial charge in [-0.25, -0.2) is 0 Å². The standard InChI is InChI=1S/C21H33N3O/c1-18-7-5-6-10-20(18)22-21(25)17-24-15-13-23(14-16-24)12-11-19-8-3-2-4-9-19/h2-4,8-9,18,20H,5-7,10-17H2,1H3,(H,22,25). The van der Waals surface area contributed by atoms with E-state index in [4.69, 9.17) is 0 Å². The van der Waals surface area contributed by atoms with Crippen LogP contribution in [0.3, 0.4) is 0 Å². The zero-order valence-electron chi connectivity index (χ0n) is 15.6. The van der Waals surface area contributed by atoms with Gasteiger partial charge in [-0.05, 0) is 30.7 Å². The summed E-state index contributed by atoms with van der Waals surface area (Å²) in [5, 5.41) is 3.28. The monoisotopic (exact) mass is 343 g/mol. The van der Waals surface area contributed by atoms with E-state index in [1.165, 1.54) is 24.8 Å². The first-order chi connectivity index (χ1) is 12.2. The van der Waals surface area contributed by atoms with Crippen LogP contribution in [0.25, 0.3) is 0 Å². The Morgan fingerprint density at radius 1 is 1.04 bits per heavy atom. The van der Waals surface area contributed by atoms with Crippen molar-refractivity contribution in [1.29, 1.82) is 0 Å². The molecule has 4 nitrogen and oxygen atoms in total. The van der Waals surface area contributed by atoms with Crippen LogP contribution in [0, 0.1) is 5.92 Å². The van der Waals surface area contributed by atoms with Crippen LogP contribution in [-0.2, 0) is 11.2 Å². The van der Waals surface area contributed by atoms with Crippen LogP contribution >= 0.6 is 0 Å². The number of rotatable bonds is 6. The summed E-state index contributed by atoms with van der Waals surface area (Å²) in [5.74, 6) is 0.851. The summed E-state index contributed by atoms with van der Waals surface area (Å²) in [6, 6.07) is 11.1. The van der Waals surface area contributed by atoms with Gasteiger partial charge in [0.15, 0.2) is 0 Å². The van der Waals surface area contributed by atoms with Crippen molar-refractivity contribution in [3.63, 3.8) is 0 Å². The number of benzene rings is 1. The maximum Gasteiger partial charge on any atom is 0.234 e. The van der Waals surface area contributed by atoms with Crippen LogP contribution in [0.5, 0.6) is 0 Å². The van der Waals surface area contributed by atoms with Crippen molar-refractivity contribution in [2.45, 2.75) is 45.1 Å². The number of hydrogen-bond donors (Lipinski definition) is 1. The summed E-state index contributed by atoms with van der Waals surface area (Å²) in [6.07, 6.45) is 6.10. The molecule has 1 aromatic carbocycles. The van der Waals surface area contributed by atoms with E-state index in [0.29, 0.717) is 18.5 Å². The van der Waals surface area contributed by atoms with Gasteiger partial charge in [-0.1, -0.05) is 50.1 Å². The number of amides is 1. The molecule has 138 valence electrons. The molecule has 1 aliphatic carbocycles. The fraction of sp³-hybridized carbons (Fsp3) is 0.667. The summed E-state index contributed by atoms with van der Waals surface area (Å²) in [4.78, 5) is 17.2. The molecule has 2 aliphatic rings. The van der Waals surface area contributed by atoms with Gasteiger partial charge in [0.25, 0.3) is 0 Å². The van der Waals surface area contributed by atoms with Gasteiger partial charge in [0.1, 0.15) is 0 Å². The predicted octanol–water partition coefficient (Wildman–Crippen LogP) is 2.54. The molecule has 25 heavy (non-hydrogen) atoms. The minimum atomic E-state index is 0.219. The Labute approximate surface area is 152 Å². The molecule has 1 aromatic rings. The summed E-state index contributed by atoms with van der Waals surface area (Å²) < 4.78 is 0. The molecular formula is C21H33N3O. The van der Waals surface area contributed by atoms with E-state index >= 15 is 0 Å². The molecule has 3 rings (SSSR count). The van der Waals surface area contributed by atoms with E-state index < -0.39 is 0 Å². The Kier molecular flexibility index (Phi) is 6.88. The Hall–Kier alpha value is -1.39. The molecular weight excluding hydrogens is 310 g/mol. The van der Waals surface area contributed by atoms with Crippen molar-refractivity contribution >= 4 is 5.91 Å². The largest absolute Gasteiger partial charge is 0.352 e. The van der Waals surface area contributed by atoms with E-state index in [0.717, 1.165) is 45.6 Å². The van der Waals surface area contributed by atoms with Gasteiger partial charge in [-0.15, -0.1) is 0 Å². The maximum atomic E-state index is 12.4. The van der Waals surface area contributed by atoms with Crippen LogP contribution in [-0.4, -0.2) is 61.0 Å². The van der Waals surface area contributed by atoms with Crippen molar-refractivity contribution in [2.75, 3.05) is 39.3 Å². The first-order valence-corrected chi connectivity index (χ1v) is 9.99. The van der Waals surface area contributed by atoms with Gasteiger partial charge in [0.2, 0.25) is 5.91 Å². The number of hydrogen-bond acceptors (Lipinski definition) is 3. The molecule has 2 fully saturated rings. The normalized spacial score (nSPS) is 25.6. The first kappa shape index (κ1) is 18.4. The number of nitrogens with zero attached hydrogens (tertiary/aromatic N) is 2. The van der Waals surface area contributed by atoms with Crippen LogP contribution in [0.15, 0.2) is 30.3 Å². The molecule has 1 saturated heterocycles.